The second-order valence-corrected chi connectivity index (χ2v) is 7.41. The number of carbonyl (C=O) groups excluding carboxylic acids is 1. The van der Waals surface area contributed by atoms with Crippen LogP contribution in [-0.2, 0) is 14.3 Å². The third-order valence-electron chi connectivity index (χ3n) is 3.93. The van der Waals surface area contributed by atoms with E-state index in [0.29, 0.717) is 13.0 Å². The third-order valence-corrected chi connectivity index (χ3v) is 5.00. The summed E-state index contributed by atoms with van der Waals surface area (Å²) in [5.74, 6) is 1.99. The highest BCUT2D eigenvalue weighted by Gasteiger charge is 2.23. The summed E-state index contributed by atoms with van der Waals surface area (Å²) < 4.78 is 10.1. The summed E-state index contributed by atoms with van der Waals surface area (Å²) in [7, 11) is 0. The first-order valence-electron chi connectivity index (χ1n) is 9.18. The van der Waals surface area contributed by atoms with Crippen molar-refractivity contribution in [2.24, 2.45) is 0 Å². The smallest absolute Gasteiger partial charge is 0.306 e. The van der Waals surface area contributed by atoms with Gasteiger partial charge >= 0.3 is 5.97 Å². The van der Waals surface area contributed by atoms with Crippen LogP contribution in [0, 0.1) is 0 Å². The average Bonchev–Trinajstić information content (AvgIpc) is 3.34. The quantitative estimate of drug-likeness (QED) is 0.227. The number of rotatable bonds is 16. The van der Waals surface area contributed by atoms with Gasteiger partial charge in [0.15, 0.2) is 0 Å². The van der Waals surface area contributed by atoms with Gasteiger partial charge in [-0.1, -0.05) is 64.7 Å². The third kappa shape index (κ3) is 13.4. The number of unbranched alkanes of at least 4 members (excludes halogenated alkanes) is 9. The molecule has 0 aromatic carbocycles. The first-order chi connectivity index (χ1) is 10.8. The van der Waals surface area contributed by atoms with E-state index >= 15 is 0 Å². The molecular formula is C18H34O3S. The van der Waals surface area contributed by atoms with Gasteiger partial charge in [0.2, 0.25) is 0 Å². The van der Waals surface area contributed by atoms with Crippen molar-refractivity contribution in [2.75, 3.05) is 24.7 Å². The van der Waals surface area contributed by atoms with Gasteiger partial charge in [-0.15, -0.1) is 0 Å². The molecule has 1 aliphatic heterocycles. The number of esters is 1. The van der Waals surface area contributed by atoms with Gasteiger partial charge < -0.3 is 9.47 Å². The molecule has 4 heteroatoms. The van der Waals surface area contributed by atoms with Gasteiger partial charge in [0.1, 0.15) is 12.7 Å². The lowest BCUT2D eigenvalue weighted by Crippen LogP contribution is -2.10. The van der Waals surface area contributed by atoms with Gasteiger partial charge in [0, 0.05) is 5.75 Å². The average molecular weight is 331 g/mol. The first kappa shape index (κ1) is 19.8. The Labute approximate surface area is 140 Å². The van der Waals surface area contributed by atoms with Crippen molar-refractivity contribution in [3.05, 3.63) is 0 Å². The molecule has 0 N–H and O–H groups in total. The normalized spacial score (nSPS) is 16.7. The van der Waals surface area contributed by atoms with Crippen molar-refractivity contribution >= 4 is 17.7 Å². The van der Waals surface area contributed by atoms with E-state index < -0.39 is 0 Å². The molecule has 0 spiro atoms. The van der Waals surface area contributed by atoms with E-state index in [-0.39, 0.29) is 12.1 Å². The Hall–Kier alpha value is -0.220. The predicted molar refractivity (Wildman–Crippen MR) is 94.5 cm³/mol. The Morgan fingerprint density at radius 2 is 1.59 bits per heavy atom. The Morgan fingerprint density at radius 3 is 2.18 bits per heavy atom. The fourth-order valence-electron chi connectivity index (χ4n) is 2.37. The molecule has 1 heterocycles. The summed E-state index contributed by atoms with van der Waals surface area (Å²) in [4.78, 5) is 11.4. The maximum Gasteiger partial charge on any atom is 0.306 e. The predicted octanol–water partition coefficient (Wildman–Crippen LogP) is 4.97. The molecular weight excluding hydrogens is 296 g/mol. The molecule has 1 atom stereocenters. The van der Waals surface area contributed by atoms with Gasteiger partial charge in [-0.3, -0.25) is 4.79 Å². The SMILES string of the molecule is CCCCCCCCCCCCSCCC(=O)OCC1CO1. The molecule has 0 aromatic rings. The molecule has 0 aromatic heterocycles. The van der Waals surface area contributed by atoms with Gasteiger partial charge in [-0.05, 0) is 12.2 Å². The van der Waals surface area contributed by atoms with Crippen LogP contribution >= 0.6 is 11.8 Å². The van der Waals surface area contributed by atoms with Crippen molar-refractivity contribution in [1.82, 2.24) is 0 Å². The molecule has 0 radical (unpaired) electrons. The molecule has 3 nitrogen and oxygen atoms in total. The fourth-order valence-corrected chi connectivity index (χ4v) is 3.29. The van der Waals surface area contributed by atoms with Crippen LogP contribution in [0.25, 0.3) is 0 Å². The van der Waals surface area contributed by atoms with Crippen LogP contribution in [0.3, 0.4) is 0 Å². The number of hydrogen-bond acceptors (Lipinski definition) is 4. The summed E-state index contributed by atoms with van der Waals surface area (Å²) in [6, 6.07) is 0. The highest BCUT2D eigenvalue weighted by Crippen LogP contribution is 2.13. The Kier molecular flexibility index (Phi) is 13.0. The van der Waals surface area contributed by atoms with Crippen LogP contribution in [0.4, 0.5) is 0 Å². The molecule has 22 heavy (non-hydrogen) atoms. The maximum absolute atomic E-state index is 11.4. The van der Waals surface area contributed by atoms with Crippen molar-refractivity contribution in [1.29, 1.82) is 0 Å². The zero-order chi connectivity index (χ0) is 15.9. The lowest BCUT2D eigenvalue weighted by Gasteiger charge is -2.04. The Morgan fingerprint density at radius 1 is 1.00 bits per heavy atom. The first-order valence-corrected chi connectivity index (χ1v) is 10.3. The largest absolute Gasteiger partial charge is 0.463 e. The van der Waals surface area contributed by atoms with Crippen LogP contribution < -0.4 is 0 Å². The van der Waals surface area contributed by atoms with Gasteiger partial charge in [-0.25, -0.2) is 0 Å². The molecule has 0 saturated carbocycles. The molecule has 1 saturated heterocycles. The molecule has 1 rings (SSSR count). The van der Waals surface area contributed by atoms with Crippen molar-refractivity contribution in [2.45, 2.75) is 83.7 Å². The molecule has 1 unspecified atom stereocenters. The van der Waals surface area contributed by atoms with Gasteiger partial charge in [0.05, 0.1) is 13.0 Å². The molecule has 1 fully saturated rings. The summed E-state index contributed by atoms with van der Waals surface area (Å²) in [6.45, 7) is 3.47. The lowest BCUT2D eigenvalue weighted by molar-refractivity contribution is -0.143. The summed E-state index contributed by atoms with van der Waals surface area (Å²) in [5.41, 5.74) is 0. The molecule has 1 aliphatic rings. The topological polar surface area (TPSA) is 38.8 Å². The van der Waals surface area contributed by atoms with E-state index in [1.54, 1.807) is 0 Å². The van der Waals surface area contributed by atoms with Gasteiger partial charge in [-0.2, -0.15) is 11.8 Å². The van der Waals surface area contributed by atoms with Crippen LogP contribution in [0.2, 0.25) is 0 Å². The van der Waals surface area contributed by atoms with E-state index in [1.165, 1.54) is 70.0 Å². The van der Waals surface area contributed by atoms with Crippen LogP contribution in [0.1, 0.15) is 77.6 Å². The van der Waals surface area contributed by atoms with E-state index in [0.717, 1.165) is 12.4 Å². The van der Waals surface area contributed by atoms with Gasteiger partial charge in [0.25, 0.3) is 0 Å². The zero-order valence-electron chi connectivity index (χ0n) is 14.3. The second kappa shape index (κ2) is 14.4. The van der Waals surface area contributed by atoms with Crippen LogP contribution in [0.15, 0.2) is 0 Å². The standard InChI is InChI=1S/C18H34O3S/c1-2-3-4-5-6-7-8-9-10-11-13-22-14-12-18(19)21-16-17-15-20-17/h17H,2-16H2,1H3. The zero-order valence-corrected chi connectivity index (χ0v) is 15.1. The maximum atomic E-state index is 11.4. The number of epoxide rings is 1. The van der Waals surface area contributed by atoms with Crippen molar-refractivity contribution < 1.29 is 14.3 Å². The minimum absolute atomic E-state index is 0.0777. The summed E-state index contributed by atoms with van der Waals surface area (Å²) in [6.07, 6.45) is 14.5. The fraction of sp³-hybridized carbons (Fsp3) is 0.944. The van der Waals surface area contributed by atoms with E-state index in [1.807, 2.05) is 11.8 Å². The number of ether oxygens (including phenoxy) is 2. The van der Waals surface area contributed by atoms with E-state index in [9.17, 15) is 4.79 Å². The summed E-state index contributed by atoms with van der Waals surface area (Å²) >= 11 is 1.88. The number of carbonyl (C=O) groups is 1. The molecule has 0 bridgehead atoms. The highest BCUT2D eigenvalue weighted by atomic mass is 32.2. The molecule has 0 aliphatic carbocycles. The van der Waals surface area contributed by atoms with E-state index in [4.69, 9.17) is 9.47 Å². The van der Waals surface area contributed by atoms with Crippen LogP contribution in [0.5, 0.6) is 0 Å². The van der Waals surface area contributed by atoms with Crippen LogP contribution in [-0.4, -0.2) is 36.8 Å². The minimum Gasteiger partial charge on any atom is -0.463 e. The lowest BCUT2D eigenvalue weighted by atomic mass is 10.1. The van der Waals surface area contributed by atoms with Crippen molar-refractivity contribution in [3.8, 4) is 0 Å². The van der Waals surface area contributed by atoms with Crippen molar-refractivity contribution in [3.63, 3.8) is 0 Å². The van der Waals surface area contributed by atoms with E-state index in [2.05, 4.69) is 6.92 Å². The Bertz CT molecular complexity index is 267. The summed E-state index contributed by atoms with van der Waals surface area (Å²) in [5, 5.41) is 0. The monoisotopic (exact) mass is 330 g/mol. The second-order valence-electron chi connectivity index (χ2n) is 6.18. The molecule has 0 amide bonds. The Balaban J connectivity index is 1.68. The number of hydrogen-bond donors (Lipinski definition) is 0. The molecule has 130 valence electrons. The minimum atomic E-state index is -0.0777. The highest BCUT2D eigenvalue weighted by molar-refractivity contribution is 7.99. The number of thioether (sulfide) groups is 1.